The van der Waals surface area contributed by atoms with Crippen LogP contribution in [0.3, 0.4) is 0 Å². The highest BCUT2D eigenvalue weighted by Gasteiger charge is 2.22. The smallest absolute Gasteiger partial charge is 0.306 e. The molecule has 0 aromatic heterocycles. The van der Waals surface area contributed by atoms with E-state index in [1.807, 2.05) is 21.1 Å². The summed E-state index contributed by atoms with van der Waals surface area (Å²) in [7, 11) is 1.13. The number of carbonyl (C=O) groups is 2. The predicted octanol–water partition coefficient (Wildman–Crippen LogP) is 21.7. The van der Waals surface area contributed by atoms with E-state index in [0.29, 0.717) is 17.4 Å². The average molecular weight is 1210 g/mol. The number of hydrogen-bond acceptors (Lipinski definition) is 8. The van der Waals surface area contributed by atoms with Crippen LogP contribution in [0.5, 0.6) is 0 Å². The zero-order valence-electron chi connectivity index (χ0n) is 55.4. The second-order valence-electron chi connectivity index (χ2n) is 23.4. The molecule has 2 atom stereocenters. The molecule has 0 saturated carbocycles. The van der Waals surface area contributed by atoms with Gasteiger partial charge in [-0.3, -0.25) is 14.2 Å². The van der Waals surface area contributed by atoms with Gasteiger partial charge < -0.3 is 27.9 Å². The Balaban J connectivity index is 4.14. The lowest BCUT2D eigenvalue weighted by atomic mass is 10.0. The monoisotopic (exact) mass is 1210 g/mol. The standard InChI is InChI=1S/C76H126NO8P/c1-6-8-10-12-14-16-18-20-22-24-26-28-30-32-34-36-37-38-39-41-42-44-46-48-50-52-54-56-58-60-62-64-66-68-75(78)82-72-74(73-84-86(80,81)83-71-70-77(3,4)5)85-76(79)69-67-65-63-61-59-57-55-53-51-49-47-45-43-40-35-33-31-29-27-25-23-21-19-17-15-13-11-9-7-2/h8-11,14-17,20-23,26-29,32-35,43,45,49,51,55,57,74H,6-7,12-13,18-19,24-25,30-31,36-42,44,46-48,50,52-54,56,58-73H2,1-5H3/b10-8-,11-9-,16-14-,17-15-,22-20-,23-21-,28-26-,29-27-,34-32-,35-33-,45-43-,51-49-,57-55-. The first-order valence-electron chi connectivity index (χ1n) is 34.2. The molecule has 0 saturated heterocycles. The number of carbonyl (C=O) groups excluding carboxylic acids is 2. The fraction of sp³-hybridized carbons (Fsp3) is 0.632. The lowest BCUT2D eigenvalue weighted by molar-refractivity contribution is -0.870. The van der Waals surface area contributed by atoms with Gasteiger partial charge in [-0.2, -0.15) is 0 Å². The summed E-state index contributed by atoms with van der Waals surface area (Å²) in [4.78, 5) is 38.0. The van der Waals surface area contributed by atoms with Crippen LogP contribution in [-0.4, -0.2) is 70.0 Å². The van der Waals surface area contributed by atoms with Crippen LogP contribution in [-0.2, 0) is 32.7 Å². The van der Waals surface area contributed by atoms with Gasteiger partial charge in [-0.25, -0.2) is 0 Å². The topological polar surface area (TPSA) is 111 Å². The third kappa shape index (κ3) is 68.7. The van der Waals surface area contributed by atoms with E-state index in [9.17, 15) is 19.0 Å². The summed E-state index contributed by atoms with van der Waals surface area (Å²) in [5.41, 5.74) is 0. The molecule has 0 aromatic carbocycles. The van der Waals surface area contributed by atoms with Crippen molar-refractivity contribution in [2.75, 3.05) is 47.5 Å². The Hall–Kier alpha value is -4.37. The Bertz CT molecular complexity index is 2010. The number of esters is 2. The van der Waals surface area contributed by atoms with E-state index in [2.05, 4.69) is 172 Å². The summed E-state index contributed by atoms with van der Waals surface area (Å²) in [6.45, 7) is 3.98. The van der Waals surface area contributed by atoms with Gasteiger partial charge in [0.15, 0.2) is 6.10 Å². The number of rotatable bonds is 61. The van der Waals surface area contributed by atoms with Gasteiger partial charge in [0.05, 0.1) is 27.7 Å². The number of phosphoric acid groups is 1. The molecule has 86 heavy (non-hydrogen) atoms. The maximum Gasteiger partial charge on any atom is 0.306 e. The molecule has 0 rings (SSSR count). The molecule has 0 amide bonds. The van der Waals surface area contributed by atoms with Gasteiger partial charge >= 0.3 is 11.9 Å². The van der Waals surface area contributed by atoms with Gasteiger partial charge in [-0.05, 0) is 122 Å². The largest absolute Gasteiger partial charge is 0.756 e. The molecule has 0 aromatic rings. The van der Waals surface area contributed by atoms with Crippen LogP contribution in [0.15, 0.2) is 158 Å². The summed E-state index contributed by atoms with van der Waals surface area (Å²) in [5, 5.41) is 0. The number of allylic oxidation sites excluding steroid dienone is 26. The van der Waals surface area contributed by atoms with Crippen LogP contribution in [0.1, 0.15) is 258 Å². The van der Waals surface area contributed by atoms with E-state index < -0.39 is 32.5 Å². The van der Waals surface area contributed by atoms with Crippen molar-refractivity contribution in [1.29, 1.82) is 0 Å². The van der Waals surface area contributed by atoms with Gasteiger partial charge in [-0.1, -0.05) is 281 Å². The van der Waals surface area contributed by atoms with Crippen LogP contribution in [0.4, 0.5) is 0 Å². The normalized spacial score (nSPS) is 14.2. The molecule has 0 spiro atoms. The number of unbranched alkanes of at least 4 members (excludes halogenated alkanes) is 21. The van der Waals surface area contributed by atoms with E-state index in [1.165, 1.54) is 96.3 Å². The third-order valence-electron chi connectivity index (χ3n) is 14.0. The first-order chi connectivity index (χ1) is 42.0. The molecule has 0 N–H and O–H groups in total. The molecule has 0 heterocycles. The number of likely N-dealkylation sites (N-methyl/N-ethyl adjacent to an activating group) is 1. The minimum absolute atomic E-state index is 0.0438. The van der Waals surface area contributed by atoms with Crippen molar-refractivity contribution >= 4 is 19.8 Å². The van der Waals surface area contributed by atoms with Crippen LogP contribution >= 0.6 is 7.82 Å². The van der Waals surface area contributed by atoms with Crippen LogP contribution < -0.4 is 4.89 Å². The Labute approximate surface area is 528 Å². The number of ether oxygens (including phenoxy) is 2. The van der Waals surface area contributed by atoms with E-state index in [4.69, 9.17) is 18.5 Å². The van der Waals surface area contributed by atoms with E-state index in [0.717, 1.165) is 128 Å². The van der Waals surface area contributed by atoms with E-state index in [-0.39, 0.29) is 26.1 Å². The van der Waals surface area contributed by atoms with E-state index in [1.54, 1.807) is 0 Å². The molecule has 488 valence electrons. The van der Waals surface area contributed by atoms with Gasteiger partial charge in [0.2, 0.25) is 0 Å². The van der Waals surface area contributed by atoms with Crippen LogP contribution in [0, 0.1) is 0 Å². The number of nitrogens with zero attached hydrogens (tertiary/aromatic N) is 1. The summed E-state index contributed by atoms with van der Waals surface area (Å²) in [6, 6.07) is 0. The van der Waals surface area contributed by atoms with Crippen LogP contribution in [0.25, 0.3) is 0 Å². The molecule has 0 aliphatic rings. The molecule has 0 bridgehead atoms. The molecule has 2 unspecified atom stereocenters. The van der Waals surface area contributed by atoms with Crippen molar-refractivity contribution in [3.8, 4) is 0 Å². The Kier molecular flexibility index (Phi) is 61.8. The molecule has 9 nitrogen and oxygen atoms in total. The maximum atomic E-state index is 12.8. The quantitative estimate of drug-likeness (QED) is 0.0195. The minimum atomic E-state index is -4.66. The lowest BCUT2D eigenvalue weighted by Crippen LogP contribution is -2.37. The zero-order chi connectivity index (χ0) is 62.6. The van der Waals surface area contributed by atoms with Gasteiger partial charge in [0.1, 0.15) is 19.8 Å². The fourth-order valence-corrected chi connectivity index (χ4v) is 9.60. The van der Waals surface area contributed by atoms with Crippen LogP contribution in [0.2, 0.25) is 0 Å². The third-order valence-corrected chi connectivity index (χ3v) is 15.0. The van der Waals surface area contributed by atoms with Gasteiger partial charge in [-0.15, -0.1) is 0 Å². The maximum absolute atomic E-state index is 12.8. The number of phosphoric ester groups is 1. The van der Waals surface area contributed by atoms with Crippen molar-refractivity contribution in [2.45, 2.75) is 264 Å². The van der Waals surface area contributed by atoms with Crippen molar-refractivity contribution < 1.29 is 42.1 Å². The van der Waals surface area contributed by atoms with Crippen molar-refractivity contribution in [1.82, 2.24) is 0 Å². The van der Waals surface area contributed by atoms with Crippen molar-refractivity contribution in [2.24, 2.45) is 0 Å². The Morgan fingerprint density at radius 2 is 0.628 bits per heavy atom. The predicted molar refractivity (Wildman–Crippen MR) is 369 cm³/mol. The molecule has 0 radical (unpaired) electrons. The second kappa shape index (κ2) is 65.1. The van der Waals surface area contributed by atoms with Crippen molar-refractivity contribution in [3.05, 3.63) is 158 Å². The zero-order valence-corrected chi connectivity index (χ0v) is 56.3. The van der Waals surface area contributed by atoms with Gasteiger partial charge in [0.25, 0.3) is 7.82 Å². The molecule has 0 aliphatic heterocycles. The summed E-state index contributed by atoms with van der Waals surface area (Å²) in [6.07, 6.45) is 97.4. The highest BCUT2D eigenvalue weighted by atomic mass is 31.2. The average Bonchev–Trinajstić information content (AvgIpc) is 3.67. The Morgan fingerprint density at radius 1 is 0.360 bits per heavy atom. The van der Waals surface area contributed by atoms with Gasteiger partial charge in [0, 0.05) is 12.8 Å². The molecule has 10 heteroatoms. The highest BCUT2D eigenvalue weighted by molar-refractivity contribution is 7.45. The molecular formula is C76H126NO8P. The molecule has 0 fully saturated rings. The number of hydrogen-bond donors (Lipinski definition) is 0. The summed E-state index contributed by atoms with van der Waals surface area (Å²) >= 11 is 0. The first-order valence-corrected chi connectivity index (χ1v) is 35.7. The minimum Gasteiger partial charge on any atom is -0.756 e. The van der Waals surface area contributed by atoms with Crippen molar-refractivity contribution in [3.63, 3.8) is 0 Å². The highest BCUT2D eigenvalue weighted by Crippen LogP contribution is 2.38. The lowest BCUT2D eigenvalue weighted by Gasteiger charge is -2.28. The Morgan fingerprint density at radius 3 is 0.930 bits per heavy atom. The number of quaternary nitrogens is 1. The SMILES string of the molecule is CC/C=C\C/C=C\C/C=C\C/C=C\C/C=C\C/C=C\C/C=C\C/C=C\CCCCCCC(=O)OC(COC(=O)CCCCCCCCCCCCCCCCCCC/C=C\C/C=C\C/C=C\C/C=C\C/C=C\CC)COP(=O)([O-])OCC[N+](C)(C)C. The molecular weight excluding hydrogens is 1090 g/mol. The first kappa shape index (κ1) is 81.6. The molecule has 0 aliphatic carbocycles. The fourth-order valence-electron chi connectivity index (χ4n) is 8.88. The van der Waals surface area contributed by atoms with E-state index >= 15 is 0 Å². The summed E-state index contributed by atoms with van der Waals surface area (Å²) in [5.74, 6) is -0.868. The summed E-state index contributed by atoms with van der Waals surface area (Å²) < 4.78 is 34.3. The second-order valence-corrected chi connectivity index (χ2v) is 24.8.